The third kappa shape index (κ3) is 4.29. The highest BCUT2D eigenvalue weighted by Gasteiger charge is 2.25. The fourth-order valence-electron chi connectivity index (χ4n) is 3.05. The molecule has 6 heteroatoms. The molecule has 144 valence electrons. The molecule has 4 nitrogen and oxygen atoms in total. The molecule has 1 N–H and O–H groups in total. The molecule has 0 spiro atoms. The van der Waals surface area contributed by atoms with E-state index in [9.17, 15) is 9.90 Å². The van der Waals surface area contributed by atoms with E-state index in [0.717, 1.165) is 12.0 Å². The Labute approximate surface area is 174 Å². The summed E-state index contributed by atoms with van der Waals surface area (Å²) < 4.78 is 1.59. The summed E-state index contributed by atoms with van der Waals surface area (Å²) in [5.41, 5.74) is 2.49. The van der Waals surface area contributed by atoms with Crippen molar-refractivity contribution in [2.75, 3.05) is 0 Å². The lowest BCUT2D eigenvalue weighted by atomic mass is 10.0. The predicted octanol–water partition coefficient (Wildman–Crippen LogP) is 6.44. The summed E-state index contributed by atoms with van der Waals surface area (Å²) in [6, 6.07) is 14.4. The highest BCUT2D eigenvalue weighted by atomic mass is 35.5. The average Bonchev–Trinajstić information content (AvgIpc) is 3.07. The largest absolute Gasteiger partial charge is 0.478 e. The van der Waals surface area contributed by atoms with E-state index in [-0.39, 0.29) is 5.56 Å². The first-order valence-electron chi connectivity index (χ1n) is 9.04. The third-order valence-electron chi connectivity index (χ3n) is 4.31. The number of nitrogens with zero attached hydrogens (tertiary/aromatic N) is 2. The number of aromatic carboxylic acids is 1. The summed E-state index contributed by atoms with van der Waals surface area (Å²) in [6.07, 6.45) is 6.27. The minimum absolute atomic E-state index is 0.187. The fourth-order valence-corrected chi connectivity index (χ4v) is 3.42. The lowest BCUT2D eigenvalue weighted by Crippen LogP contribution is -2.04. The molecule has 0 aliphatic rings. The van der Waals surface area contributed by atoms with E-state index in [0.29, 0.717) is 40.0 Å². The van der Waals surface area contributed by atoms with E-state index in [1.807, 2.05) is 36.4 Å². The Morgan fingerprint density at radius 1 is 1.14 bits per heavy atom. The Kier molecular flexibility index (Phi) is 6.55. The van der Waals surface area contributed by atoms with E-state index in [2.05, 4.69) is 18.1 Å². The zero-order valence-corrected chi connectivity index (χ0v) is 16.9. The Morgan fingerprint density at radius 3 is 2.57 bits per heavy atom. The van der Waals surface area contributed by atoms with Gasteiger partial charge in [-0.3, -0.25) is 0 Å². The van der Waals surface area contributed by atoms with Gasteiger partial charge in [0.2, 0.25) is 0 Å². The smallest absolute Gasteiger partial charge is 0.339 e. The van der Waals surface area contributed by atoms with Gasteiger partial charge in [0.15, 0.2) is 0 Å². The van der Waals surface area contributed by atoms with E-state index in [1.54, 1.807) is 22.9 Å². The van der Waals surface area contributed by atoms with Crippen LogP contribution < -0.4 is 0 Å². The number of halogens is 2. The summed E-state index contributed by atoms with van der Waals surface area (Å²) in [4.78, 5) is 12.2. The molecule has 0 amide bonds. The molecule has 1 aromatic heterocycles. The molecule has 0 fully saturated rings. The lowest BCUT2D eigenvalue weighted by molar-refractivity contribution is 0.0696. The highest BCUT2D eigenvalue weighted by molar-refractivity contribution is 6.34. The highest BCUT2D eigenvalue weighted by Crippen LogP contribution is 2.33. The second kappa shape index (κ2) is 9.09. The number of hydrogen-bond acceptors (Lipinski definition) is 2. The van der Waals surface area contributed by atoms with Gasteiger partial charge in [-0.05, 0) is 37.5 Å². The van der Waals surface area contributed by atoms with Crippen LogP contribution in [0.15, 0.2) is 60.7 Å². The van der Waals surface area contributed by atoms with Crippen LogP contribution in [0.1, 0.15) is 35.8 Å². The first-order chi connectivity index (χ1) is 13.5. The maximum absolute atomic E-state index is 12.2. The molecule has 3 rings (SSSR count). The van der Waals surface area contributed by atoms with Gasteiger partial charge in [0.1, 0.15) is 5.56 Å². The first-order valence-corrected chi connectivity index (χ1v) is 9.79. The SMILES string of the molecule is CC/C=C\CCc1nn(-c2cc(Cl)ccc2Cl)c(-c2ccccc2)c1C(=O)O. The van der Waals surface area contributed by atoms with Gasteiger partial charge in [-0.15, -0.1) is 0 Å². The monoisotopic (exact) mass is 414 g/mol. The molecule has 0 atom stereocenters. The van der Waals surface area contributed by atoms with Gasteiger partial charge in [0.25, 0.3) is 0 Å². The molecule has 2 aromatic carbocycles. The number of benzene rings is 2. The van der Waals surface area contributed by atoms with Crippen LogP contribution in [0.25, 0.3) is 16.9 Å². The van der Waals surface area contributed by atoms with Crippen molar-refractivity contribution in [2.45, 2.75) is 26.2 Å². The Bertz CT molecular complexity index is 1010. The van der Waals surface area contributed by atoms with Crippen LogP contribution in [-0.4, -0.2) is 20.9 Å². The molecule has 0 aliphatic carbocycles. The molecule has 0 saturated carbocycles. The molecule has 1 heterocycles. The van der Waals surface area contributed by atoms with Crippen molar-refractivity contribution in [2.24, 2.45) is 0 Å². The second-order valence-electron chi connectivity index (χ2n) is 6.27. The Hall–Kier alpha value is -2.56. The van der Waals surface area contributed by atoms with Crippen molar-refractivity contribution >= 4 is 29.2 Å². The van der Waals surface area contributed by atoms with Crippen LogP contribution in [-0.2, 0) is 6.42 Å². The summed E-state index contributed by atoms with van der Waals surface area (Å²) >= 11 is 12.6. The zero-order chi connectivity index (χ0) is 20.1. The third-order valence-corrected chi connectivity index (χ3v) is 4.86. The van der Waals surface area contributed by atoms with Gasteiger partial charge in [0.05, 0.1) is 22.1 Å². The topological polar surface area (TPSA) is 55.1 Å². The molecule has 0 aliphatic heterocycles. The van der Waals surface area contributed by atoms with Crippen LogP contribution in [0.3, 0.4) is 0 Å². The van der Waals surface area contributed by atoms with Crippen LogP contribution in [0.5, 0.6) is 0 Å². The summed E-state index contributed by atoms with van der Waals surface area (Å²) in [5, 5.41) is 15.5. The van der Waals surface area contributed by atoms with E-state index < -0.39 is 5.97 Å². The number of aromatic nitrogens is 2. The van der Waals surface area contributed by atoms with Gasteiger partial charge in [-0.25, -0.2) is 9.48 Å². The number of allylic oxidation sites excluding steroid dienone is 2. The second-order valence-corrected chi connectivity index (χ2v) is 7.11. The van der Waals surface area contributed by atoms with Crippen LogP contribution in [0, 0.1) is 0 Å². The fraction of sp³-hybridized carbons (Fsp3) is 0.182. The van der Waals surface area contributed by atoms with Crippen molar-refractivity contribution in [3.8, 4) is 16.9 Å². The summed E-state index contributed by atoms with van der Waals surface area (Å²) in [6.45, 7) is 2.06. The van der Waals surface area contributed by atoms with Crippen molar-refractivity contribution in [3.05, 3.63) is 82.0 Å². The van der Waals surface area contributed by atoms with Gasteiger partial charge >= 0.3 is 5.97 Å². The van der Waals surface area contributed by atoms with E-state index >= 15 is 0 Å². The number of carboxylic acids is 1. The number of carboxylic acid groups (broad SMARTS) is 1. The molecule has 0 bridgehead atoms. The quantitative estimate of drug-likeness (QED) is 0.452. The predicted molar refractivity (Wildman–Crippen MR) is 114 cm³/mol. The van der Waals surface area contributed by atoms with Crippen molar-refractivity contribution in [3.63, 3.8) is 0 Å². The minimum Gasteiger partial charge on any atom is -0.478 e. The number of hydrogen-bond donors (Lipinski definition) is 1. The molecule has 3 aromatic rings. The summed E-state index contributed by atoms with van der Waals surface area (Å²) in [5.74, 6) is -1.02. The first kappa shape index (κ1) is 20.2. The van der Waals surface area contributed by atoms with E-state index in [4.69, 9.17) is 23.2 Å². The zero-order valence-electron chi connectivity index (χ0n) is 15.4. The standard InChI is InChI=1S/C22H20Cl2N2O2/c1-2-3-4-8-11-18-20(22(27)28)21(15-9-6-5-7-10-15)26(25-18)19-14-16(23)12-13-17(19)24/h3-7,9-10,12-14H,2,8,11H2,1H3,(H,27,28)/b4-3-. The molecule has 0 saturated heterocycles. The molecule has 0 radical (unpaired) electrons. The van der Waals surface area contributed by atoms with Gasteiger partial charge in [-0.1, -0.05) is 72.6 Å². The van der Waals surface area contributed by atoms with Gasteiger partial charge in [0, 0.05) is 10.6 Å². The molecular formula is C22H20Cl2N2O2. The Balaban J connectivity index is 2.24. The Morgan fingerprint density at radius 2 is 1.89 bits per heavy atom. The maximum Gasteiger partial charge on any atom is 0.339 e. The normalized spacial score (nSPS) is 11.2. The van der Waals surface area contributed by atoms with Gasteiger partial charge in [-0.2, -0.15) is 5.10 Å². The minimum atomic E-state index is -1.02. The van der Waals surface area contributed by atoms with Crippen molar-refractivity contribution in [1.29, 1.82) is 0 Å². The van der Waals surface area contributed by atoms with Crippen LogP contribution >= 0.6 is 23.2 Å². The summed E-state index contributed by atoms with van der Waals surface area (Å²) in [7, 11) is 0. The molecule has 28 heavy (non-hydrogen) atoms. The van der Waals surface area contributed by atoms with Crippen LogP contribution in [0.2, 0.25) is 10.0 Å². The molecule has 0 unspecified atom stereocenters. The van der Waals surface area contributed by atoms with Crippen LogP contribution in [0.4, 0.5) is 0 Å². The number of rotatable bonds is 7. The average molecular weight is 415 g/mol. The molecular weight excluding hydrogens is 395 g/mol. The number of aryl methyl sites for hydroxylation is 1. The van der Waals surface area contributed by atoms with Crippen molar-refractivity contribution < 1.29 is 9.90 Å². The number of carbonyl (C=O) groups is 1. The lowest BCUT2D eigenvalue weighted by Gasteiger charge is -2.11. The van der Waals surface area contributed by atoms with E-state index in [1.165, 1.54) is 0 Å². The maximum atomic E-state index is 12.2. The van der Waals surface area contributed by atoms with Crippen molar-refractivity contribution in [1.82, 2.24) is 9.78 Å². The van der Waals surface area contributed by atoms with Gasteiger partial charge < -0.3 is 5.11 Å².